The van der Waals surface area contributed by atoms with Crippen molar-refractivity contribution in [3.8, 4) is 11.4 Å². The summed E-state index contributed by atoms with van der Waals surface area (Å²) in [6.07, 6.45) is -1.54. The van der Waals surface area contributed by atoms with E-state index >= 15 is 0 Å². The highest BCUT2D eigenvalue weighted by Crippen LogP contribution is 2.38. The lowest BCUT2D eigenvalue weighted by molar-refractivity contribution is -0.138. The minimum absolute atomic E-state index is 0.00740. The van der Waals surface area contributed by atoms with Crippen LogP contribution in [-0.4, -0.2) is 27.6 Å². The molecule has 0 unspecified atom stereocenters. The Labute approximate surface area is 202 Å². The summed E-state index contributed by atoms with van der Waals surface area (Å²) in [4.78, 5) is 5.44. The highest BCUT2D eigenvalue weighted by molar-refractivity contribution is 6.32. The molecule has 2 aromatic carbocycles. The largest absolute Gasteiger partial charge is 0.490 e. The molecular formula is C24H17Cl2F4N3O. The van der Waals surface area contributed by atoms with E-state index in [1.54, 1.807) is 18.2 Å². The number of alkyl halides is 3. The Bertz CT molecular complexity index is 1390. The van der Waals surface area contributed by atoms with Gasteiger partial charge in [-0.3, -0.25) is 4.90 Å². The molecule has 0 bridgehead atoms. The zero-order chi connectivity index (χ0) is 24.0. The fraction of sp³-hybridized carbons (Fsp3) is 0.208. The van der Waals surface area contributed by atoms with Crippen LogP contribution < -0.4 is 4.74 Å². The molecule has 176 valence electrons. The standard InChI is InChI=1S/C24H17Cl2F4N3O/c25-19-11-18(33-6-4-14-9-17(27)1-2-20(14)33)10-16-13-32(7-8-34-22(16)19)12-15-3-5-31-23(26)21(15)24(28,29)30/h1-6,9-11H,7-8,12-13H2. The molecule has 0 saturated carbocycles. The van der Waals surface area contributed by atoms with Gasteiger partial charge < -0.3 is 9.30 Å². The van der Waals surface area contributed by atoms with Gasteiger partial charge in [0, 0.05) is 48.7 Å². The molecule has 34 heavy (non-hydrogen) atoms. The van der Waals surface area contributed by atoms with Crippen LogP contribution >= 0.6 is 23.2 Å². The monoisotopic (exact) mass is 509 g/mol. The number of benzene rings is 2. The summed E-state index contributed by atoms with van der Waals surface area (Å²) in [6, 6.07) is 11.3. The summed E-state index contributed by atoms with van der Waals surface area (Å²) in [5, 5.41) is 0.553. The molecule has 1 aliphatic heterocycles. The maximum absolute atomic E-state index is 13.6. The smallest absolute Gasteiger partial charge is 0.419 e. The molecule has 5 rings (SSSR count). The van der Waals surface area contributed by atoms with Crippen LogP contribution in [0.5, 0.6) is 5.75 Å². The third kappa shape index (κ3) is 4.33. The summed E-state index contributed by atoms with van der Waals surface area (Å²) in [7, 11) is 0. The molecule has 4 nitrogen and oxygen atoms in total. The molecule has 1 aliphatic rings. The first-order valence-electron chi connectivity index (χ1n) is 10.4. The average Bonchev–Trinajstić information content (AvgIpc) is 3.06. The fourth-order valence-corrected chi connectivity index (χ4v) is 4.84. The quantitative estimate of drug-likeness (QED) is 0.222. The second kappa shape index (κ2) is 8.76. The number of rotatable bonds is 3. The van der Waals surface area contributed by atoms with Crippen LogP contribution in [0.2, 0.25) is 10.2 Å². The van der Waals surface area contributed by atoms with E-state index in [1.165, 1.54) is 24.4 Å². The molecule has 0 radical (unpaired) electrons. The highest BCUT2D eigenvalue weighted by atomic mass is 35.5. The van der Waals surface area contributed by atoms with Crippen LogP contribution in [-0.2, 0) is 19.3 Å². The number of fused-ring (bicyclic) bond motifs is 2. The molecule has 0 aliphatic carbocycles. The van der Waals surface area contributed by atoms with Crippen LogP contribution in [0.15, 0.2) is 54.9 Å². The van der Waals surface area contributed by atoms with Gasteiger partial charge in [-0.2, -0.15) is 13.2 Å². The summed E-state index contributed by atoms with van der Waals surface area (Å²) in [5.41, 5.74) is 1.37. The van der Waals surface area contributed by atoms with Crippen molar-refractivity contribution in [1.82, 2.24) is 14.5 Å². The first-order chi connectivity index (χ1) is 16.2. The molecule has 3 heterocycles. The molecule has 0 amide bonds. The Morgan fingerprint density at radius 1 is 1.06 bits per heavy atom. The first-order valence-corrected chi connectivity index (χ1v) is 11.1. The van der Waals surface area contributed by atoms with Crippen molar-refractivity contribution >= 4 is 34.1 Å². The topological polar surface area (TPSA) is 30.3 Å². The number of pyridine rings is 1. The van der Waals surface area contributed by atoms with Gasteiger partial charge in [0.25, 0.3) is 0 Å². The van der Waals surface area contributed by atoms with Crippen molar-refractivity contribution in [3.63, 3.8) is 0 Å². The number of ether oxygens (including phenoxy) is 1. The number of hydrogen-bond donors (Lipinski definition) is 0. The van der Waals surface area contributed by atoms with E-state index in [2.05, 4.69) is 4.98 Å². The van der Waals surface area contributed by atoms with E-state index < -0.39 is 16.9 Å². The van der Waals surface area contributed by atoms with Crippen molar-refractivity contribution in [2.24, 2.45) is 0 Å². The zero-order valence-corrected chi connectivity index (χ0v) is 19.1. The Hall–Kier alpha value is -2.81. The zero-order valence-electron chi connectivity index (χ0n) is 17.5. The Morgan fingerprint density at radius 2 is 1.88 bits per heavy atom. The number of aromatic nitrogens is 2. The first kappa shape index (κ1) is 23.0. The van der Waals surface area contributed by atoms with E-state index in [0.717, 1.165) is 22.2 Å². The fourth-order valence-electron chi connectivity index (χ4n) is 4.27. The lowest BCUT2D eigenvalue weighted by Crippen LogP contribution is -2.27. The van der Waals surface area contributed by atoms with E-state index in [9.17, 15) is 17.6 Å². The predicted octanol–water partition coefficient (Wildman–Crippen LogP) is 6.88. The molecule has 0 atom stereocenters. The summed E-state index contributed by atoms with van der Waals surface area (Å²) < 4.78 is 62.1. The summed E-state index contributed by atoms with van der Waals surface area (Å²) in [5.74, 6) is 0.169. The van der Waals surface area contributed by atoms with E-state index in [0.29, 0.717) is 23.9 Å². The van der Waals surface area contributed by atoms with Crippen LogP contribution in [0.25, 0.3) is 16.6 Å². The number of nitrogens with zero attached hydrogens (tertiary/aromatic N) is 3. The van der Waals surface area contributed by atoms with Gasteiger partial charge in [0.1, 0.15) is 23.3 Å². The van der Waals surface area contributed by atoms with E-state index in [4.69, 9.17) is 27.9 Å². The molecule has 0 fully saturated rings. The van der Waals surface area contributed by atoms with Gasteiger partial charge in [-0.1, -0.05) is 23.2 Å². The van der Waals surface area contributed by atoms with Gasteiger partial charge >= 0.3 is 6.18 Å². The van der Waals surface area contributed by atoms with Gasteiger partial charge in [0.2, 0.25) is 0 Å². The number of hydrogen-bond acceptors (Lipinski definition) is 3. The maximum atomic E-state index is 13.6. The highest BCUT2D eigenvalue weighted by Gasteiger charge is 2.37. The molecule has 2 aromatic heterocycles. The predicted molar refractivity (Wildman–Crippen MR) is 122 cm³/mol. The second-order valence-corrected chi connectivity index (χ2v) is 8.76. The van der Waals surface area contributed by atoms with Gasteiger partial charge in [0.15, 0.2) is 0 Å². The summed E-state index contributed by atoms with van der Waals surface area (Å²) >= 11 is 12.3. The van der Waals surface area contributed by atoms with Gasteiger partial charge in [-0.15, -0.1) is 0 Å². The molecule has 0 saturated heterocycles. The van der Waals surface area contributed by atoms with Crippen LogP contribution in [0.3, 0.4) is 0 Å². The minimum Gasteiger partial charge on any atom is -0.490 e. The molecule has 0 N–H and O–H groups in total. The molecule has 0 spiro atoms. The Balaban J connectivity index is 1.50. The normalized spacial score (nSPS) is 14.6. The van der Waals surface area contributed by atoms with Gasteiger partial charge in [-0.05, 0) is 48.0 Å². The minimum atomic E-state index is -4.62. The van der Waals surface area contributed by atoms with Crippen molar-refractivity contribution in [1.29, 1.82) is 0 Å². The SMILES string of the molecule is Fc1ccc2c(ccn2-c2cc(Cl)c3c(c2)CN(Cc2ccnc(Cl)c2C(F)(F)F)CCO3)c1. The third-order valence-corrected chi connectivity index (χ3v) is 6.32. The lowest BCUT2D eigenvalue weighted by atomic mass is 10.1. The maximum Gasteiger partial charge on any atom is 0.419 e. The molecular weight excluding hydrogens is 493 g/mol. The van der Waals surface area contributed by atoms with Crippen molar-refractivity contribution in [2.75, 3.05) is 13.2 Å². The Morgan fingerprint density at radius 3 is 2.68 bits per heavy atom. The molecule has 4 aromatic rings. The van der Waals surface area contributed by atoms with Crippen LogP contribution in [0.4, 0.5) is 17.6 Å². The summed E-state index contributed by atoms with van der Waals surface area (Å²) in [6.45, 7) is 0.975. The second-order valence-electron chi connectivity index (χ2n) is 8.00. The lowest BCUT2D eigenvalue weighted by Gasteiger charge is -2.22. The van der Waals surface area contributed by atoms with Crippen molar-refractivity contribution in [3.05, 3.63) is 87.5 Å². The van der Waals surface area contributed by atoms with E-state index in [1.807, 2.05) is 21.7 Å². The number of halogens is 6. The van der Waals surface area contributed by atoms with Crippen LogP contribution in [0, 0.1) is 5.82 Å². The third-order valence-electron chi connectivity index (χ3n) is 5.75. The van der Waals surface area contributed by atoms with Crippen molar-refractivity contribution in [2.45, 2.75) is 19.3 Å². The average molecular weight is 510 g/mol. The van der Waals surface area contributed by atoms with Crippen molar-refractivity contribution < 1.29 is 22.3 Å². The Kier molecular flexibility index (Phi) is 5.91. The van der Waals surface area contributed by atoms with Crippen LogP contribution in [0.1, 0.15) is 16.7 Å². The van der Waals surface area contributed by atoms with Gasteiger partial charge in [-0.25, -0.2) is 9.37 Å². The molecule has 10 heteroatoms. The van der Waals surface area contributed by atoms with E-state index in [-0.39, 0.29) is 24.5 Å². The van der Waals surface area contributed by atoms with Gasteiger partial charge in [0.05, 0.1) is 16.1 Å².